The smallest absolute Gasteiger partial charge is 0.122 e. The van der Waals surface area contributed by atoms with Gasteiger partial charge in [-0.05, 0) is 48.7 Å². The minimum Gasteiger partial charge on any atom is -0.497 e. The Kier molecular flexibility index (Phi) is 12.1. The largest absolute Gasteiger partial charge is 0.497 e. The number of nitrogens with zero attached hydrogens (tertiary/aromatic N) is 1. The first kappa shape index (κ1) is 29.5. The van der Waals surface area contributed by atoms with E-state index in [0.717, 1.165) is 31.0 Å². The number of unbranched alkanes of at least 4 members (excludes halogenated alkanes) is 13. The summed E-state index contributed by atoms with van der Waals surface area (Å²) < 4.78 is 11.3. The number of fused-ring (bicyclic) bond motifs is 3. The van der Waals surface area contributed by atoms with Gasteiger partial charge in [-0.25, -0.2) is 0 Å². The number of aromatic amines is 1. The van der Waals surface area contributed by atoms with E-state index < -0.39 is 0 Å². The van der Waals surface area contributed by atoms with E-state index in [4.69, 9.17) is 9.47 Å². The van der Waals surface area contributed by atoms with Crippen molar-refractivity contribution in [3.63, 3.8) is 0 Å². The van der Waals surface area contributed by atoms with Crippen LogP contribution in [0.15, 0.2) is 42.5 Å². The van der Waals surface area contributed by atoms with Gasteiger partial charge in [0.2, 0.25) is 0 Å². The van der Waals surface area contributed by atoms with E-state index in [-0.39, 0.29) is 6.04 Å². The quantitative estimate of drug-likeness (QED) is 0.166. The number of H-pyrrole nitrogens is 1. The minimum absolute atomic E-state index is 0.187. The highest BCUT2D eigenvalue weighted by molar-refractivity contribution is 5.85. The summed E-state index contributed by atoms with van der Waals surface area (Å²) in [5.74, 6) is 1.70. The van der Waals surface area contributed by atoms with Crippen molar-refractivity contribution in [3.05, 3.63) is 59.3 Å². The van der Waals surface area contributed by atoms with Gasteiger partial charge in [0.25, 0.3) is 0 Å². The zero-order valence-electron chi connectivity index (χ0n) is 24.9. The van der Waals surface area contributed by atoms with E-state index >= 15 is 0 Å². The van der Waals surface area contributed by atoms with Crippen LogP contribution in [-0.2, 0) is 6.42 Å². The van der Waals surface area contributed by atoms with E-state index in [9.17, 15) is 0 Å². The standard InChI is InChI=1S/C35H52N2O2/c1-4-5-6-7-8-9-10-11-12-13-14-15-16-19-23-37-24-22-32-31-20-17-18-21-33(31)36-34(32)35(37)28-25-29(38-2)27-30(26-28)39-3/h17-18,20-21,25-27,35-36H,4-16,19,22-24H2,1-3H3. The third-order valence-electron chi connectivity index (χ3n) is 8.62. The number of aromatic nitrogens is 1. The van der Waals surface area contributed by atoms with Gasteiger partial charge in [0, 0.05) is 29.2 Å². The first-order valence-corrected chi connectivity index (χ1v) is 15.8. The van der Waals surface area contributed by atoms with Gasteiger partial charge >= 0.3 is 0 Å². The molecule has 0 amide bonds. The lowest BCUT2D eigenvalue weighted by molar-refractivity contribution is 0.205. The summed E-state index contributed by atoms with van der Waals surface area (Å²) in [5, 5.41) is 1.36. The highest BCUT2D eigenvalue weighted by Gasteiger charge is 2.32. The number of rotatable bonds is 18. The zero-order valence-corrected chi connectivity index (χ0v) is 24.9. The summed E-state index contributed by atoms with van der Waals surface area (Å²) >= 11 is 0. The molecule has 0 saturated carbocycles. The SMILES string of the molecule is CCCCCCCCCCCCCCCCN1CCc2c([nH]c3ccccc23)C1c1cc(OC)cc(OC)c1. The van der Waals surface area contributed by atoms with Crippen molar-refractivity contribution in [1.82, 2.24) is 9.88 Å². The molecule has 1 aromatic heterocycles. The molecular weight excluding hydrogens is 480 g/mol. The Bertz CT molecular complexity index is 1100. The highest BCUT2D eigenvalue weighted by atomic mass is 16.5. The van der Waals surface area contributed by atoms with Crippen molar-refractivity contribution in [1.29, 1.82) is 0 Å². The summed E-state index contributed by atoms with van der Waals surface area (Å²) in [7, 11) is 3.47. The molecule has 0 bridgehead atoms. The Morgan fingerprint density at radius 1 is 0.744 bits per heavy atom. The number of methoxy groups -OCH3 is 2. The Morgan fingerprint density at radius 3 is 1.90 bits per heavy atom. The second kappa shape index (κ2) is 16.0. The monoisotopic (exact) mass is 532 g/mol. The summed E-state index contributed by atoms with van der Waals surface area (Å²) in [6, 6.07) is 15.3. The number of hydrogen-bond donors (Lipinski definition) is 1. The molecule has 1 N–H and O–H groups in total. The van der Waals surface area contributed by atoms with Gasteiger partial charge in [0.15, 0.2) is 0 Å². The number of nitrogens with one attached hydrogen (secondary N) is 1. The lowest BCUT2D eigenvalue weighted by Crippen LogP contribution is -2.36. The van der Waals surface area contributed by atoms with Crippen LogP contribution in [0.25, 0.3) is 10.9 Å². The predicted molar refractivity (Wildman–Crippen MR) is 165 cm³/mol. The van der Waals surface area contributed by atoms with Gasteiger partial charge in [-0.1, -0.05) is 109 Å². The lowest BCUT2D eigenvalue weighted by atomic mass is 9.91. The maximum Gasteiger partial charge on any atom is 0.122 e. The van der Waals surface area contributed by atoms with Crippen LogP contribution in [0.2, 0.25) is 0 Å². The van der Waals surface area contributed by atoms with Gasteiger partial charge in [0.05, 0.1) is 20.3 Å². The van der Waals surface area contributed by atoms with Crippen LogP contribution in [0, 0.1) is 0 Å². The Labute approximate surface area is 237 Å². The average Bonchev–Trinajstić information content (AvgIpc) is 3.35. The van der Waals surface area contributed by atoms with Crippen molar-refractivity contribution < 1.29 is 9.47 Å². The lowest BCUT2D eigenvalue weighted by Gasteiger charge is -2.36. The van der Waals surface area contributed by atoms with Crippen molar-refractivity contribution in [2.75, 3.05) is 27.3 Å². The van der Waals surface area contributed by atoms with Crippen LogP contribution in [0.4, 0.5) is 0 Å². The topological polar surface area (TPSA) is 37.5 Å². The summed E-state index contributed by atoms with van der Waals surface area (Å²) in [6.45, 7) is 4.50. The first-order valence-electron chi connectivity index (χ1n) is 15.8. The van der Waals surface area contributed by atoms with Crippen LogP contribution in [0.3, 0.4) is 0 Å². The molecule has 3 aromatic rings. The van der Waals surface area contributed by atoms with Gasteiger partial charge in [0.1, 0.15) is 11.5 Å². The maximum absolute atomic E-state index is 5.65. The third-order valence-corrected chi connectivity index (χ3v) is 8.62. The fourth-order valence-electron chi connectivity index (χ4n) is 6.41. The van der Waals surface area contributed by atoms with Gasteiger partial charge in [-0.2, -0.15) is 0 Å². The van der Waals surface area contributed by atoms with E-state index in [2.05, 4.69) is 53.2 Å². The Balaban J connectivity index is 1.28. The average molecular weight is 533 g/mol. The Morgan fingerprint density at radius 2 is 1.31 bits per heavy atom. The molecule has 4 rings (SSSR count). The molecule has 0 spiro atoms. The molecule has 2 heterocycles. The Hall–Kier alpha value is -2.46. The number of hydrogen-bond acceptors (Lipinski definition) is 3. The molecule has 4 nitrogen and oxygen atoms in total. The second-order valence-corrected chi connectivity index (χ2v) is 11.5. The molecule has 0 saturated heterocycles. The van der Waals surface area contributed by atoms with Crippen molar-refractivity contribution in [2.24, 2.45) is 0 Å². The second-order valence-electron chi connectivity index (χ2n) is 11.5. The maximum atomic E-state index is 5.65. The summed E-state index contributed by atoms with van der Waals surface area (Å²) in [6.07, 6.45) is 20.6. The molecule has 214 valence electrons. The van der Waals surface area contributed by atoms with Crippen LogP contribution in [0.1, 0.15) is 120 Å². The van der Waals surface area contributed by atoms with Gasteiger partial charge in [-0.15, -0.1) is 0 Å². The molecule has 0 aliphatic carbocycles. The molecule has 1 aliphatic rings. The molecule has 4 heteroatoms. The highest BCUT2D eigenvalue weighted by Crippen LogP contribution is 2.40. The van der Waals surface area contributed by atoms with Gasteiger partial charge < -0.3 is 14.5 Å². The molecule has 0 radical (unpaired) electrons. The molecule has 1 atom stereocenters. The van der Waals surface area contributed by atoms with Crippen LogP contribution in [0.5, 0.6) is 11.5 Å². The molecule has 2 aromatic carbocycles. The fraction of sp³-hybridized carbons (Fsp3) is 0.600. The molecule has 1 aliphatic heterocycles. The van der Waals surface area contributed by atoms with Crippen molar-refractivity contribution in [3.8, 4) is 11.5 Å². The third kappa shape index (κ3) is 8.27. The zero-order chi connectivity index (χ0) is 27.3. The summed E-state index contributed by atoms with van der Waals surface area (Å²) in [5.41, 5.74) is 5.28. The molecule has 39 heavy (non-hydrogen) atoms. The van der Waals surface area contributed by atoms with E-state index in [1.54, 1.807) is 14.2 Å². The van der Waals surface area contributed by atoms with E-state index in [1.807, 2.05) is 6.07 Å². The van der Waals surface area contributed by atoms with Crippen LogP contribution < -0.4 is 9.47 Å². The normalized spacial score (nSPS) is 15.5. The van der Waals surface area contributed by atoms with Crippen LogP contribution in [-0.4, -0.2) is 37.2 Å². The minimum atomic E-state index is 0.187. The number of benzene rings is 2. The van der Waals surface area contributed by atoms with E-state index in [1.165, 1.54) is 118 Å². The first-order chi connectivity index (χ1) is 19.2. The van der Waals surface area contributed by atoms with E-state index in [0.29, 0.717) is 0 Å². The number of ether oxygens (including phenoxy) is 2. The number of para-hydroxylation sites is 1. The van der Waals surface area contributed by atoms with Gasteiger partial charge in [-0.3, -0.25) is 4.90 Å². The summed E-state index contributed by atoms with van der Waals surface area (Å²) in [4.78, 5) is 6.47. The fourth-order valence-corrected chi connectivity index (χ4v) is 6.41. The predicted octanol–water partition coefficient (Wildman–Crippen LogP) is 9.61. The molecule has 1 unspecified atom stereocenters. The molecule has 0 fully saturated rings. The van der Waals surface area contributed by atoms with Crippen molar-refractivity contribution >= 4 is 10.9 Å². The van der Waals surface area contributed by atoms with Crippen molar-refractivity contribution in [2.45, 2.75) is 109 Å². The van der Waals surface area contributed by atoms with Crippen LogP contribution >= 0.6 is 0 Å². The molecular formula is C35H52N2O2.